The van der Waals surface area contributed by atoms with Gasteiger partial charge in [-0.3, -0.25) is 0 Å². The highest BCUT2D eigenvalue weighted by Gasteiger charge is 2.47. The van der Waals surface area contributed by atoms with E-state index in [-0.39, 0.29) is 24.0 Å². The van der Waals surface area contributed by atoms with Crippen molar-refractivity contribution in [2.24, 2.45) is 28.0 Å². The maximum atomic E-state index is 13.8. The summed E-state index contributed by atoms with van der Waals surface area (Å²) in [6, 6.07) is 7.59. The molecule has 152 valence electrons. The Labute approximate surface area is 172 Å². The molecule has 1 heterocycles. The van der Waals surface area contributed by atoms with E-state index < -0.39 is 17.7 Å². The zero-order valence-electron chi connectivity index (χ0n) is 15.6. The van der Waals surface area contributed by atoms with E-state index in [2.05, 4.69) is 10.2 Å². The van der Waals surface area contributed by atoms with Crippen LogP contribution in [0.4, 0.5) is 13.2 Å². The molecule has 0 N–H and O–H groups in total. The molecule has 0 radical (unpaired) electrons. The Morgan fingerprint density at radius 3 is 2.55 bits per heavy atom. The molecule has 1 aromatic carbocycles. The third-order valence-electron chi connectivity index (χ3n) is 6.03. The number of nitrogens with zero attached hydrogens (tertiary/aromatic N) is 2. The van der Waals surface area contributed by atoms with Gasteiger partial charge in [-0.25, -0.2) is 0 Å². The van der Waals surface area contributed by atoms with Crippen LogP contribution >= 0.6 is 11.6 Å². The van der Waals surface area contributed by atoms with E-state index in [1.165, 1.54) is 6.08 Å². The Kier molecular flexibility index (Phi) is 4.57. The fourth-order valence-corrected chi connectivity index (χ4v) is 4.26. The summed E-state index contributed by atoms with van der Waals surface area (Å²) in [5.74, 6) is 0.447. The van der Waals surface area contributed by atoms with Gasteiger partial charge in [-0.1, -0.05) is 29.8 Å². The van der Waals surface area contributed by atoms with Crippen molar-refractivity contribution in [3.63, 3.8) is 0 Å². The SMILES string of the molecule is FC(F)(F)C1=C(OC[C@H]2C[C@@H]2c2ccc(Cl)cc2)C=CC2C(CC3CC3)=NN=C12. The molecule has 3 aliphatic carbocycles. The van der Waals surface area contributed by atoms with Gasteiger partial charge in [0.15, 0.2) is 0 Å². The van der Waals surface area contributed by atoms with Crippen molar-refractivity contribution in [1.29, 1.82) is 0 Å². The molecule has 29 heavy (non-hydrogen) atoms. The predicted octanol–water partition coefficient (Wildman–Crippen LogP) is 6.07. The maximum absolute atomic E-state index is 13.8. The number of fused-ring (bicyclic) bond motifs is 1. The predicted molar refractivity (Wildman–Crippen MR) is 106 cm³/mol. The van der Waals surface area contributed by atoms with Crippen LogP contribution in [-0.2, 0) is 4.74 Å². The first-order valence-corrected chi connectivity index (χ1v) is 10.3. The minimum Gasteiger partial charge on any atom is -0.493 e. The van der Waals surface area contributed by atoms with Gasteiger partial charge < -0.3 is 4.74 Å². The highest BCUT2D eigenvalue weighted by Crippen LogP contribution is 2.48. The number of hydrogen-bond acceptors (Lipinski definition) is 3. The van der Waals surface area contributed by atoms with Gasteiger partial charge in [0.1, 0.15) is 11.3 Å². The number of ether oxygens (including phenoxy) is 1. The third kappa shape index (κ3) is 3.87. The molecule has 1 aliphatic heterocycles. The largest absolute Gasteiger partial charge is 0.493 e. The standard InChI is InChI=1S/C22H20ClF3N2O/c23-15-5-3-13(4-6-15)17-10-14(17)11-29-19-8-7-16-18(9-12-1-2-12)27-28-21(16)20(19)22(24,25)26/h3-8,12,14,16-17H,1-2,9-11H2/t14-,16?,17-/m1/s1. The van der Waals surface area contributed by atoms with Gasteiger partial charge in [0.25, 0.3) is 0 Å². The number of allylic oxidation sites excluding steroid dienone is 3. The molecule has 5 rings (SSSR count). The fourth-order valence-electron chi connectivity index (χ4n) is 4.14. The second kappa shape index (κ2) is 7.01. The molecular weight excluding hydrogens is 401 g/mol. The fraction of sp³-hybridized carbons (Fsp3) is 0.455. The number of halogens is 4. The Hall–Kier alpha value is -2.08. The number of benzene rings is 1. The lowest BCUT2D eigenvalue weighted by Gasteiger charge is -2.23. The number of hydrogen-bond donors (Lipinski definition) is 0. The van der Waals surface area contributed by atoms with Crippen molar-refractivity contribution in [3.8, 4) is 0 Å². The molecule has 0 spiro atoms. The molecular formula is C22H20ClF3N2O. The van der Waals surface area contributed by atoms with Gasteiger partial charge in [-0.2, -0.15) is 23.4 Å². The van der Waals surface area contributed by atoms with Crippen LogP contribution in [0.1, 0.15) is 37.2 Å². The molecule has 7 heteroatoms. The average Bonchev–Trinajstić information content (AvgIpc) is 3.59. The lowest BCUT2D eigenvalue weighted by atomic mass is 9.86. The van der Waals surface area contributed by atoms with Crippen LogP contribution in [0, 0.1) is 17.8 Å². The zero-order chi connectivity index (χ0) is 20.2. The van der Waals surface area contributed by atoms with E-state index in [1.807, 2.05) is 24.3 Å². The minimum absolute atomic E-state index is 0.0179. The van der Waals surface area contributed by atoms with Crippen LogP contribution < -0.4 is 0 Å². The van der Waals surface area contributed by atoms with E-state index in [9.17, 15) is 13.2 Å². The van der Waals surface area contributed by atoms with E-state index >= 15 is 0 Å². The van der Waals surface area contributed by atoms with Crippen molar-refractivity contribution in [2.45, 2.75) is 37.8 Å². The van der Waals surface area contributed by atoms with Crippen molar-refractivity contribution in [1.82, 2.24) is 0 Å². The molecule has 3 nitrogen and oxygen atoms in total. The van der Waals surface area contributed by atoms with Gasteiger partial charge in [0, 0.05) is 10.9 Å². The second-order valence-electron chi connectivity index (χ2n) is 8.26. The molecule has 4 aliphatic rings. The van der Waals surface area contributed by atoms with Gasteiger partial charge in [-0.05, 0) is 61.3 Å². The summed E-state index contributed by atoms with van der Waals surface area (Å²) in [6.07, 6.45) is 2.56. The maximum Gasteiger partial charge on any atom is 0.421 e. The molecule has 2 saturated carbocycles. The zero-order valence-corrected chi connectivity index (χ0v) is 16.4. The third-order valence-corrected chi connectivity index (χ3v) is 6.29. The van der Waals surface area contributed by atoms with Crippen molar-refractivity contribution in [2.75, 3.05) is 6.61 Å². The monoisotopic (exact) mass is 420 g/mol. The number of alkyl halides is 3. The lowest BCUT2D eigenvalue weighted by molar-refractivity contribution is -0.0894. The Morgan fingerprint density at radius 2 is 1.86 bits per heavy atom. The normalized spacial score (nSPS) is 28.2. The van der Waals surface area contributed by atoms with Crippen molar-refractivity contribution >= 4 is 23.0 Å². The summed E-state index contributed by atoms with van der Waals surface area (Å²) in [4.78, 5) is 0. The van der Waals surface area contributed by atoms with E-state index in [1.54, 1.807) is 6.08 Å². The number of rotatable bonds is 6. The highest BCUT2D eigenvalue weighted by molar-refractivity contribution is 6.30. The van der Waals surface area contributed by atoms with Crippen LogP contribution in [0.2, 0.25) is 5.02 Å². The van der Waals surface area contributed by atoms with Crippen LogP contribution in [0.3, 0.4) is 0 Å². The molecule has 1 aromatic rings. The molecule has 0 amide bonds. The summed E-state index contributed by atoms with van der Waals surface area (Å²) < 4.78 is 47.2. The summed E-state index contributed by atoms with van der Waals surface area (Å²) in [6.45, 7) is 0.250. The average molecular weight is 421 g/mol. The molecule has 2 fully saturated rings. The van der Waals surface area contributed by atoms with Crippen LogP contribution in [0.25, 0.3) is 0 Å². The molecule has 1 unspecified atom stereocenters. The van der Waals surface area contributed by atoms with Crippen molar-refractivity contribution < 1.29 is 17.9 Å². The molecule has 0 saturated heterocycles. The first-order chi connectivity index (χ1) is 13.9. The quantitative estimate of drug-likeness (QED) is 0.549. The Bertz CT molecular complexity index is 942. The van der Waals surface area contributed by atoms with Crippen molar-refractivity contribution in [3.05, 3.63) is 58.3 Å². The van der Waals surface area contributed by atoms with Gasteiger partial charge in [0.05, 0.1) is 23.9 Å². The van der Waals surface area contributed by atoms with Crippen LogP contribution in [0.5, 0.6) is 0 Å². The van der Waals surface area contributed by atoms with Gasteiger partial charge in [0.2, 0.25) is 0 Å². The van der Waals surface area contributed by atoms with Gasteiger partial charge in [-0.15, -0.1) is 0 Å². The lowest BCUT2D eigenvalue weighted by Crippen LogP contribution is -2.31. The first kappa shape index (κ1) is 18.9. The summed E-state index contributed by atoms with van der Waals surface area (Å²) in [5.41, 5.74) is 1.09. The smallest absolute Gasteiger partial charge is 0.421 e. The minimum atomic E-state index is -4.53. The summed E-state index contributed by atoms with van der Waals surface area (Å²) in [5, 5.41) is 8.66. The topological polar surface area (TPSA) is 34.0 Å². The van der Waals surface area contributed by atoms with E-state index in [0.717, 1.165) is 37.0 Å². The highest BCUT2D eigenvalue weighted by atomic mass is 35.5. The second-order valence-corrected chi connectivity index (χ2v) is 8.70. The van der Waals surface area contributed by atoms with Crippen LogP contribution in [0.15, 0.2) is 58.0 Å². The molecule has 3 atom stereocenters. The van der Waals surface area contributed by atoms with E-state index in [4.69, 9.17) is 16.3 Å². The molecule has 0 bridgehead atoms. The summed E-state index contributed by atoms with van der Waals surface area (Å²) in [7, 11) is 0. The summed E-state index contributed by atoms with van der Waals surface area (Å²) >= 11 is 5.91. The Balaban J connectivity index is 1.29. The van der Waals surface area contributed by atoms with E-state index in [0.29, 0.717) is 16.9 Å². The Morgan fingerprint density at radius 1 is 1.10 bits per heavy atom. The first-order valence-electron chi connectivity index (χ1n) is 9.93. The molecule has 0 aromatic heterocycles. The van der Waals surface area contributed by atoms with Crippen LogP contribution in [-0.4, -0.2) is 24.2 Å². The van der Waals surface area contributed by atoms with Gasteiger partial charge >= 0.3 is 6.18 Å².